The van der Waals surface area contributed by atoms with Gasteiger partial charge in [0.1, 0.15) is 0 Å². The molecule has 2 aromatic rings. The zero-order chi connectivity index (χ0) is 17.7. The van der Waals surface area contributed by atoms with Crippen LogP contribution in [0.3, 0.4) is 0 Å². The summed E-state index contributed by atoms with van der Waals surface area (Å²) < 4.78 is 0. The van der Waals surface area contributed by atoms with Crippen LogP contribution >= 0.6 is 11.6 Å². The Morgan fingerprint density at radius 1 is 1.12 bits per heavy atom. The average molecular weight is 345 g/mol. The van der Waals surface area contributed by atoms with E-state index in [2.05, 4.69) is 5.32 Å². The van der Waals surface area contributed by atoms with Crippen LogP contribution in [0, 0.1) is 6.92 Å². The summed E-state index contributed by atoms with van der Waals surface area (Å²) in [6.07, 6.45) is 0. The molecule has 0 radical (unpaired) electrons. The maximum Gasteiger partial charge on any atom is 0.313 e. The monoisotopic (exact) mass is 344 g/mol. The van der Waals surface area contributed by atoms with Crippen molar-refractivity contribution in [1.29, 1.82) is 0 Å². The molecule has 0 bridgehead atoms. The number of rotatable bonds is 4. The van der Waals surface area contributed by atoms with Crippen molar-refractivity contribution in [2.75, 3.05) is 5.32 Å². The minimum atomic E-state index is -0.662. The number of anilines is 1. The van der Waals surface area contributed by atoms with Crippen LogP contribution in [0.1, 0.15) is 25.0 Å². The number of carbonyl (C=O) groups excluding carboxylic acids is 2. The van der Waals surface area contributed by atoms with Crippen molar-refractivity contribution in [3.63, 3.8) is 0 Å². The van der Waals surface area contributed by atoms with Crippen molar-refractivity contribution < 1.29 is 9.59 Å². The summed E-state index contributed by atoms with van der Waals surface area (Å²) in [5.41, 5.74) is 2.37. The number of benzene rings is 2. The van der Waals surface area contributed by atoms with Crippen LogP contribution in [0.15, 0.2) is 48.5 Å². The van der Waals surface area contributed by atoms with Gasteiger partial charge in [-0.3, -0.25) is 9.59 Å². The van der Waals surface area contributed by atoms with Gasteiger partial charge in [-0.15, -0.1) is 0 Å². The Morgan fingerprint density at radius 2 is 1.79 bits per heavy atom. The minimum Gasteiger partial charge on any atom is -0.328 e. The van der Waals surface area contributed by atoms with Gasteiger partial charge in [0, 0.05) is 23.3 Å². The zero-order valence-corrected chi connectivity index (χ0v) is 14.8. The molecule has 4 nitrogen and oxygen atoms in total. The van der Waals surface area contributed by atoms with Crippen LogP contribution in [0.2, 0.25) is 5.02 Å². The second-order valence-corrected chi connectivity index (χ2v) is 6.36. The second-order valence-electron chi connectivity index (χ2n) is 5.93. The molecule has 0 saturated heterocycles. The molecule has 0 fully saturated rings. The number of aryl methyl sites for hydroxylation is 1. The fourth-order valence-electron chi connectivity index (χ4n) is 2.30. The molecule has 2 amide bonds. The summed E-state index contributed by atoms with van der Waals surface area (Å²) in [7, 11) is 0. The lowest BCUT2D eigenvalue weighted by atomic mass is 10.1. The first-order valence-corrected chi connectivity index (χ1v) is 8.18. The third-order valence-corrected chi connectivity index (χ3v) is 3.96. The topological polar surface area (TPSA) is 49.4 Å². The van der Waals surface area contributed by atoms with Crippen LogP contribution in [0.4, 0.5) is 5.69 Å². The van der Waals surface area contributed by atoms with E-state index in [0.717, 1.165) is 11.1 Å². The Morgan fingerprint density at radius 3 is 2.42 bits per heavy atom. The van der Waals surface area contributed by atoms with E-state index >= 15 is 0 Å². The van der Waals surface area contributed by atoms with Gasteiger partial charge in [0.25, 0.3) is 0 Å². The maximum atomic E-state index is 12.6. The summed E-state index contributed by atoms with van der Waals surface area (Å²) in [5, 5.41) is 3.17. The van der Waals surface area contributed by atoms with Gasteiger partial charge in [0.15, 0.2) is 0 Å². The van der Waals surface area contributed by atoms with Gasteiger partial charge < -0.3 is 10.2 Å². The molecule has 1 N–H and O–H groups in total. The first-order chi connectivity index (χ1) is 11.4. The van der Waals surface area contributed by atoms with Crippen molar-refractivity contribution in [1.82, 2.24) is 4.90 Å². The van der Waals surface area contributed by atoms with E-state index in [4.69, 9.17) is 11.6 Å². The smallest absolute Gasteiger partial charge is 0.313 e. The molecule has 0 spiro atoms. The minimum absolute atomic E-state index is 0.0936. The van der Waals surface area contributed by atoms with E-state index in [9.17, 15) is 9.59 Å². The fraction of sp³-hybridized carbons (Fsp3) is 0.263. The zero-order valence-electron chi connectivity index (χ0n) is 14.0. The van der Waals surface area contributed by atoms with Gasteiger partial charge in [0.2, 0.25) is 0 Å². The highest BCUT2D eigenvalue weighted by atomic mass is 35.5. The van der Waals surface area contributed by atoms with Gasteiger partial charge in [0.05, 0.1) is 0 Å². The van der Waals surface area contributed by atoms with E-state index < -0.39 is 11.8 Å². The Labute approximate surface area is 147 Å². The quantitative estimate of drug-likeness (QED) is 0.851. The molecule has 5 heteroatoms. The van der Waals surface area contributed by atoms with Crippen LogP contribution in [0.5, 0.6) is 0 Å². The van der Waals surface area contributed by atoms with Crippen molar-refractivity contribution in [2.24, 2.45) is 0 Å². The standard InChI is InChI=1S/C19H21ClN2O2/c1-13(2)22(12-15-7-5-4-6-8-15)19(24)18(23)21-17-11-16(20)10-9-14(17)3/h4-11,13H,12H2,1-3H3,(H,21,23). The van der Waals surface area contributed by atoms with Gasteiger partial charge in [-0.2, -0.15) is 0 Å². The van der Waals surface area contributed by atoms with E-state index in [-0.39, 0.29) is 6.04 Å². The Kier molecular flexibility index (Phi) is 5.99. The van der Waals surface area contributed by atoms with Crippen molar-refractivity contribution >= 4 is 29.1 Å². The van der Waals surface area contributed by atoms with E-state index in [0.29, 0.717) is 17.3 Å². The molecule has 0 aliphatic rings. The molecule has 0 heterocycles. The van der Waals surface area contributed by atoms with E-state index in [1.165, 1.54) is 0 Å². The summed E-state index contributed by atoms with van der Waals surface area (Å²) >= 11 is 5.95. The van der Waals surface area contributed by atoms with Crippen molar-refractivity contribution in [2.45, 2.75) is 33.4 Å². The fourth-order valence-corrected chi connectivity index (χ4v) is 2.48. The molecule has 0 aliphatic carbocycles. The average Bonchev–Trinajstić information content (AvgIpc) is 2.56. The number of hydrogen-bond donors (Lipinski definition) is 1. The summed E-state index contributed by atoms with van der Waals surface area (Å²) in [6, 6.07) is 14.7. The molecule has 0 unspecified atom stereocenters. The predicted molar refractivity (Wildman–Crippen MR) is 96.9 cm³/mol. The molecular weight excluding hydrogens is 324 g/mol. The van der Waals surface area contributed by atoms with E-state index in [1.807, 2.05) is 51.1 Å². The highest BCUT2D eigenvalue weighted by molar-refractivity contribution is 6.39. The Balaban J connectivity index is 2.14. The van der Waals surface area contributed by atoms with E-state index in [1.54, 1.807) is 23.1 Å². The number of carbonyl (C=O) groups is 2. The number of nitrogens with one attached hydrogen (secondary N) is 1. The second kappa shape index (κ2) is 7.97. The lowest BCUT2D eigenvalue weighted by Crippen LogP contribution is -2.43. The van der Waals surface area contributed by atoms with Crippen LogP contribution in [0.25, 0.3) is 0 Å². The van der Waals surface area contributed by atoms with Crippen molar-refractivity contribution in [3.8, 4) is 0 Å². The highest BCUT2D eigenvalue weighted by Crippen LogP contribution is 2.20. The van der Waals surface area contributed by atoms with Crippen LogP contribution < -0.4 is 5.32 Å². The Bertz CT molecular complexity index is 729. The van der Waals surface area contributed by atoms with Crippen LogP contribution in [-0.4, -0.2) is 22.8 Å². The maximum absolute atomic E-state index is 12.6. The molecule has 0 aliphatic heterocycles. The normalized spacial score (nSPS) is 10.5. The molecule has 0 atom stereocenters. The van der Waals surface area contributed by atoms with Crippen LogP contribution in [-0.2, 0) is 16.1 Å². The highest BCUT2D eigenvalue weighted by Gasteiger charge is 2.24. The lowest BCUT2D eigenvalue weighted by molar-refractivity contribution is -0.144. The number of hydrogen-bond acceptors (Lipinski definition) is 2. The largest absolute Gasteiger partial charge is 0.328 e. The molecule has 0 aromatic heterocycles. The molecule has 24 heavy (non-hydrogen) atoms. The lowest BCUT2D eigenvalue weighted by Gasteiger charge is -2.26. The van der Waals surface area contributed by atoms with Gasteiger partial charge in [-0.05, 0) is 44.0 Å². The number of amides is 2. The number of nitrogens with zero attached hydrogens (tertiary/aromatic N) is 1. The third kappa shape index (κ3) is 4.59. The first kappa shape index (κ1) is 18.0. The third-order valence-electron chi connectivity index (χ3n) is 3.72. The van der Waals surface area contributed by atoms with Gasteiger partial charge in [-0.25, -0.2) is 0 Å². The molecule has 126 valence electrons. The number of halogens is 1. The summed E-state index contributed by atoms with van der Waals surface area (Å²) in [6.45, 7) is 6.01. The van der Waals surface area contributed by atoms with Gasteiger partial charge in [-0.1, -0.05) is 48.0 Å². The van der Waals surface area contributed by atoms with Gasteiger partial charge >= 0.3 is 11.8 Å². The predicted octanol–water partition coefficient (Wildman–Crippen LogP) is 4.02. The molecular formula is C19H21ClN2O2. The van der Waals surface area contributed by atoms with Crippen molar-refractivity contribution in [3.05, 3.63) is 64.7 Å². The molecule has 2 aromatic carbocycles. The molecule has 2 rings (SSSR count). The first-order valence-electron chi connectivity index (χ1n) is 7.80. The summed E-state index contributed by atoms with van der Waals surface area (Å²) in [5.74, 6) is -1.22. The molecule has 0 saturated carbocycles. The Hall–Kier alpha value is -2.33. The SMILES string of the molecule is Cc1ccc(Cl)cc1NC(=O)C(=O)N(Cc1ccccc1)C(C)C. The summed E-state index contributed by atoms with van der Waals surface area (Å²) in [4.78, 5) is 26.5.